The average molecular weight is 233 g/mol. The quantitative estimate of drug-likeness (QED) is 0.848. The Bertz CT molecular complexity index is 389. The highest BCUT2D eigenvalue weighted by atomic mass is 16.3. The standard InChI is InChI=1S/C15H23NO/c1-11-6-7-16(13(3)8-11)15-5-4-14(10-17)12(2)9-15/h4-5,9,11,13,17H,6-8,10H2,1-3H3. The largest absolute Gasteiger partial charge is 0.392 e. The summed E-state index contributed by atoms with van der Waals surface area (Å²) in [6.07, 6.45) is 2.56. The van der Waals surface area contributed by atoms with Gasteiger partial charge in [-0.3, -0.25) is 0 Å². The Morgan fingerprint density at radius 1 is 1.35 bits per heavy atom. The topological polar surface area (TPSA) is 23.5 Å². The van der Waals surface area contributed by atoms with Crippen LogP contribution in [-0.4, -0.2) is 17.7 Å². The van der Waals surface area contributed by atoms with Crippen LogP contribution in [0.5, 0.6) is 0 Å². The second-order valence-corrected chi connectivity index (χ2v) is 5.44. The summed E-state index contributed by atoms with van der Waals surface area (Å²) in [7, 11) is 0. The molecule has 0 radical (unpaired) electrons. The maximum absolute atomic E-state index is 9.19. The Balaban J connectivity index is 2.19. The molecule has 0 amide bonds. The molecule has 2 rings (SSSR count). The van der Waals surface area contributed by atoms with E-state index in [-0.39, 0.29) is 6.61 Å². The highest BCUT2D eigenvalue weighted by Crippen LogP contribution is 2.28. The first-order valence-corrected chi connectivity index (χ1v) is 6.59. The highest BCUT2D eigenvalue weighted by Gasteiger charge is 2.23. The molecule has 2 nitrogen and oxygen atoms in total. The van der Waals surface area contributed by atoms with Gasteiger partial charge in [0.05, 0.1) is 6.61 Å². The number of hydrogen-bond donors (Lipinski definition) is 1. The van der Waals surface area contributed by atoms with Crippen LogP contribution in [0, 0.1) is 12.8 Å². The van der Waals surface area contributed by atoms with Crippen molar-refractivity contribution in [2.24, 2.45) is 5.92 Å². The predicted molar refractivity (Wildman–Crippen MR) is 72.3 cm³/mol. The fourth-order valence-electron chi connectivity index (χ4n) is 2.83. The van der Waals surface area contributed by atoms with Gasteiger partial charge in [0.1, 0.15) is 0 Å². The molecule has 94 valence electrons. The Kier molecular flexibility index (Phi) is 3.72. The number of benzene rings is 1. The fraction of sp³-hybridized carbons (Fsp3) is 0.600. The zero-order chi connectivity index (χ0) is 12.4. The lowest BCUT2D eigenvalue weighted by molar-refractivity contribution is 0.281. The summed E-state index contributed by atoms with van der Waals surface area (Å²) in [5.41, 5.74) is 3.53. The molecule has 0 bridgehead atoms. The number of aryl methyl sites for hydroxylation is 1. The number of aliphatic hydroxyl groups excluding tert-OH is 1. The van der Waals surface area contributed by atoms with Crippen molar-refractivity contribution in [1.82, 2.24) is 0 Å². The first kappa shape index (κ1) is 12.4. The van der Waals surface area contributed by atoms with Gasteiger partial charge in [-0.2, -0.15) is 0 Å². The fourth-order valence-corrected chi connectivity index (χ4v) is 2.83. The van der Waals surface area contributed by atoms with E-state index in [0.717, 1.165) is 18.0 Å². The van der Waals surface area contributed by atoms with Crippen LogP contribution in [0.25, 0.3) is 0 Å². The Hall–Kier alpha value is -1.02. The van der Waals surface area contributed by atoms with Gasteiger partial charge >= 0.3 is 0 Å². The van der Waals surface area contributed by atoms with Gasteiger partial charge in [-0.1, -0.05) is 13.0 Å². The number of nitrogens with zero attached hydrogens (tertiary/aromatic N) is 1. The summed E-state index contributed by atoms with van der Waals surface area (Å²) < 4.78 is 0. The minimum Gasteiger partial charge on any atom is -0.392 e. The molecule has 0 aliphatic carbocycles. The van der Waals surface area contributed by atoms with E-state index in [1.54, 1.807) is 0 Å². The molecule has 2 atom stereocenters. The van der Waals surface area contributed by atoms with Crippen molar-refractivity contribution in [2.45, 2.75) is 46.3 Å². The van der Waals surface area contributed by atoms with Crippen LogP contribution in [0.15, 0.2) is 18.2 Å². The van der Waals surface area contributed by atoms with Gasteiger partial charge in [0, 0.05) is 18.3 Å². The number of anilines is 1. The third-order valence-corrected chi connectivity index (χ3v) is 3.97. The molecule has 1 N–H and O–H groups in total. The third kappa shape index (κ3) is 2.63. The van der Waals surface area contributed by atoms with E-state index in [9.17, 15) is 5.11 Å². The smallest absolute Gasteiger partial charge is 0.0684 e. The number of aliphatic hydroxyl groups is 1. The van der Waals surface area contributed by atoms with E-state index in [1.807, 2.05) is 0 Å². The van der Waals surface area contributed by atoms with Crippen LogP contribution in [0.4, 0.5) is 5.69 Å². The van der Waals surface area contributed by atoms with E-state index >= 15 is 0 Å². The Morgan fingerprint density at radius 2 is 2.12 bits per heavy atom. The molecular formula is C15H23NO. The molecule has 1 heterocycles. The summed E-state index contributed by atoms with van der Waals surface area (Å²) >= 11 is 0. The molecule has 0 saturated carbocycles. The van der Waals surface area contributed by atoms with Gasteiger partial charge in [-0.15, -0.1) is 0 Å². The molecule has 17 heavy (non-hydrogen) atoms. The van der Waals surface area contributed by atoms with Gasteiger partial charge in [0.2, 0.25) is 0 Å². The lowest BCUT2D eigenvalue weighted by Crippen LogP contribution is -2.40. The first-order valence-electron chi connectivity index (χ1n) is 6.59. The van der Waals surface area contributed by atoms with E-state index in [4.69, 9.17) is 0 Å². The molecule has 1 aliphatic heterocycles. The monoisotopic (exact) mass is 233 g/mol. The molecule has 1 aliphatic rings. The van der Waals surface area contributed by atoms with Gasteiger partial charge in [0.25, 0.3) is 0 Å². The van der Waals surface area contributed by atoms with Crippen LogP contribution >= 0.6 is 0 Å². The van der Waals surface area contributed by atoms with Crippen molar-refractivity contribution in [1.29, 1.82) is 0 Å². The van der Waals surface area contributed by atoms with E-state index in [2.05, 4.69) is 43.9 Å². The Labute approximate surface area is 104 Å². The maximum Gasteiger partial charge on any atom is 0.0684 e. The van der Waals surface area contributed by atoms with E-state index < -0.39 is 0 Å². The molecule has 2 unspecified atom stereocenters. The van der Waals surface area contributed by atoms with E-state index in [1.165, 1.54) is 24.1 Å². The molecular weight excluding hydrogens is 210 g/mol. The normalized spacial score (nSPS) is 25.1. The third-order valence-electron chi connectivity index (χ3n) is 3.97. The lowest BCUT2D eigenvalue weighted by atomic mass is 9.92. The molecule has 1 aromatic carbocycles. The lowest BCUT2D eigenvalue weighted by Gasteiger charge is -2.38. The maximum atomic E-state index is 9.19. The van der Waals surface area contributed by atoms with Crippen molar-refractivity contribution in [2.75, 3.05) is 11.4 Å². The zero-order valence-electron chi connectivity index (χ0n) is 11.1. The van der Waals surface area contributed by atoms with Crippen LogP contribution in [0.3, 0.4) is 0 Å². The van der Waals surface area contributed by atoms with Crippen molar-refractivity contribution in [3.63, 3.8) is 0 Å². The number of hydrogen-bond acceptors (Lipinski definition) is 2. The van der Waals surface area contributed by atoms with Crippen LogP contribution in [0.1, 0.15) is 37.8 Å². The zero-order valence-corrected chi connectivity index (χ0v) is 11.1. The van der Waals surface area contributed by atoms with Gasteiger partial charge in [-0.05, 0) is 55.9 Å². The second-order valence-electron chi connectivity index (χ2n) is 5.44. The van der Waals surface area contributed by atoms with Gasteiger partial charge in [-0.25, -0.2) is 0 Å². The summed E-state index contributed by atoms with van der Waals surface area (Å²) in [4.78, 5) is 2.49. The van der Waals surface area contributed by atoms with Crippen molar-refractivity contribution >= 4 is 5.69 Å². The van der Waals surface area contributed by atoms with E-state index in [0.29, 0.717) is 6.04 Å². The molecule has 1 fully saturated rings. The summed E-state index contributed by atoms with van der Waals surface area (Å²) in [6.45, 7) is 8.02. The highest BCUT2D eigenvalue weighted by molar-refractivity contribution is 5.51. The van der Waals surface area contributed by atoms with Gasteiger partial charge < -0.3 is 10.0 Å². The summed E-state index contributed by atoms with van der Waals surface area (Å²) in [5, 5.41) is 9.19. The van der Waals surface area contributed by atoms with Crippen LogP contribution in [0.2, 0.25) is 0 Å². The summed E-state index contributed by atoms with van der Waals surface area (Å²) in [6, 6.07) is 7.02. The van der Waals surface area contributed by atoms with Crippen molar-refractivity contribution in [3.05, 3.63) is 29.3 Å². The molecule has 0 spiro atoms. The minimum atomic E-state index is 0.138. The molecule has 1 saturated heterocycles. The van der Waals surface area contributed by atoms with Gasteiger partial charge in [0.15, 0.2) is 0 Å². The first-order chi connectivity index (χ1) is 8.11. The molecule has 2 heteroatoms. The second kappa shape index (κ2) is 5.09. The SMILES string of the molecule is Cc1cc(N2CCC(C)CC2C)ccc1CO. The van der Waals surface area contributed by atoms with Crippen LogP contribution < -0.4 is 4.90 Å². The number of piperidine rings is 1. The summed E-state index contributed by atoms with van der Waals surface area (Å²) in [5.74, 6) is 0.846. The predicted octanol–water partition coefficient (Wildman–Crippen LogP) is 3.11. The molecule has 0 aromatic heterocycles. The Morgan fingerprint density at radius 3 is 2.71 bits per heavy atom. The van der Waals surface area contributed by atoms with Crippen LogP contribution in [-0.2, 0) is 6.61 Å². The van der Waals surface area contributed by atoms with Crippen molar-refractivity contribution < 1.29 is 5.11 Å². The molecule has 1 aromatic rings. The number of rotatable bonds is 2. The van der Waals surface area contributed by atoms with Crippen molar-refractivity contribution in [3.8, 4) is 0 Å². The average Bonchev–Trinajstić information content (AvgIpc) is 2.29. The minimum absolute atomic E-state index is 0.138.